The van der Waals surface area contributed by atoms with E-state index in [2.05, 4.69) is 16.3 Å². The molecule has 1 aliphatic heterocycles. The van der Waals surface area contributed by atoms with E-state index < -0.39 is 0 Å². The zero-order valence-electron chi connectivity index (χ0n) is 12.5. The van der Waals surface area contributed by atoms with Crippen molar-refractivity contribution >= 4 is 11.7 Å². The molecular formula is C16H23N3O2. The number of anilines is 1. The van der Waals surface area contributed by atoms with Gasteiger partial charge in [0.2, 0.25) is 0 Å². The van der Waals surface area contributed by atoms with Crippen LogP contribution in [0.5, 0.6) is 5.75 Å². The smallest absolute Gasteiger partial charge is 0.317 e. The van der Waals surface area contributed by atoms with Crippen LogP contribution in [-0.4, -0.2) is 49.8 Å². The minimum absolute atomic E-state index is 0.0928. The van der Waals surface area contributed by atoms with Gasteiger partial charge in [0.25, 0.3) is 0 Å². The third-order valence-corrected chi connectivity index (χ3v) is 3.98. The van der Waals surface area contributed by atoms with Crippen molar-refractivity contribution in [2.24, 2.45) is 0 Å². The van der Waals surface area contributed by atoms with E-state index in [1.165, 1.54) is 0 Å². The largest absolute Gasteiger partial charge is 0.492 e. The summed E-state index contributed by atoms with van der Waals surface area (Å²) in [6.45, 7) is 5.89. The molecule has 0 unspecified atom stereocenters. The van der Waals surface area contributed by atoms with Crippen molar-refractivity contribution in [1.29, 1.82) is 0 Å². The summed E-state index contributed by atoms with van der Waals surface area (Å²) in [7, 11) is 0. The van der Waals surface area contributed by atoms with E-state index in [0.29, 0.717) is 12.6 Å². The fourth-order valence-corrected chi connectivity index (χ4v) is 2.64. The number of piperazine rings is 1. The average Bonchev–Trinajstić information content (AvgIpc) is 3.32. The molecule has 0 aromatic heterocycles. The Morgan fingerprint density at radius 2 is 1.95 bits per heavy atom. The van der Waals surface area contributed by atoms with E-state index in [0.717, 1.165) is 50.5 Å². The van der Waals surface area contributed by atoms with Gasteiger partial charge in [0.1, 0.15) is 5.75 Å². The predicted molar refractivity (Wildman–Crippen MR) is 83.0 cm³/mol. The molecule has 2 amide bonds. The Hall–Kier alpha value is -1.91. The van der Waals surface area contributed by atoms with Crippen LogP contribution in [0, 0.1) is 0 Å². The summed E-state index contributed by atoms with van der Waals surface area (Å²) in [6.07, 6.45) is 2.26. The Balaban J connectivity index is 1.58. The fraction of sp³-hybridized carbons (Fsp3) is 0.562. The van der Waals surface area contributed by atoms with E-state index in [4.69, 9.17) is 4.74 Å². The van der Waals surface area contributed by atoms with E-state index >= 15 is 0 Å². The van der Waals surface area contributed by atoms with Gasteiger partial charge in [-0.15, -0.1) is 0 Å². The van der Waals surface area contributed by atoms with Crippen LogP contribution in [0.25, 0.3) is 0 Å². The van der Waals surface area contributed by atoms with Crippen LogP contribution < -0.4 is 15.0 Å². The highest BCUT2D eigenvalue weighted by Crippen LogP contribution is 2.29. The van der Waals surface area contributed by atoms with E-state index in [9.17, 15) is 4.79 Å². The zero-order valence-corrected chi connectivity index (χ0v) is 12.5. The van der Waals surface area contributed by atoms with Crippen LogP contribution in [0.15, 0.2) is 24.3 Å². The molecule has 5 nitrogen and oxygen atoms in total. The molecule has 114 valence electrons. The van der Waals surface area contributed by atoms with Crippen molar-refractivity contribution in [1.82, 2.24) is 10.2 Å². The van der Waals surface area contributed by atoms with Crippen molar-refractivity contribution in [3.63, 3.8) is 0 Å². The molecule has 0 atom stereocenters. The van der Waals surface area contributed by atoms with Crippen molar-refractivity contribution in [2.45, 2.75) is 25.8 Å². The van der Waals surface area contributed by atoms with Gasteiger partial charge in [-0.05, 0) is 31.9 Å². The Kier molecular flexibility index (Phi) is 4.18. The van der Waals surface area contributed by atoms with E-state index in [-0.39, 0.29) is 6.03 Å². The average molecular weight is 289 g/mol. The number of para-hydroxylation sites is 2. The van der Waals surface area contributed by atoms with Crippen LogP contribution in [0.3, 0.4) is 0 Å². The molecule has 0 radical (unpaired) electrons. The molecular weight excluding hydrogens is 266 g/mol. The Morgan fingerprint density at radius 3 is 2.62 bits per heavy atom. The molecule has 2 fully saturated rings. The van der Waals surface area contributed by atoms with Gasteiger partial charge in [-0.2, -0.15) is 0 Å². The van der Waals surface area contributed by atoms with Gasteiger partial charge in [0.05, 0.1) is 12.3 Å². The molecule has 0 bridgehead atoms. The maximum Gasteiger partial charge on any atom is 0.317 e. The molecule has 1 aromatic carbocycles. The number of rotatable bonds is 4. The summed E-state index contributed by atoms with van der Waals surface area (Å²) in [6, 6.07) is 8.64. The lowest BCUT2D eigenvalue weighted by atomic mass is 10.2. The number of urea groups is 1. The van der Waals surface area contributed by atoms with Gasteiger partial charge in [0.15, 0.2) is 0 Å². The van der Waals surface area contributed by atoms with E-state index in [1.54, 1.807) is 0 Å². The minimum Gasteiger partial charge on any atom is -0.492 e. The summed E-state index contributed by atoms with van der Waals surface area (Å²) in [5, 5.41) is 3.05. The number of hydrogen-bond acceptors (Lipinski definition) is 3. The van der Waals surface area contributed by atoms with Crippen molar-refractivity contribution in [3.05, 3.63) is 24.3 Å². The second-order valence-electron chi connectivity index (χ2n) is 5.60. The maximum absolute atomic E-state index is 12.0. The number of nitrogens with zero attached hydrogens (tertiary/aromatic N) is 2. The number of hydrogen-bond donors (Lipinski definition) is 1. The van der Waals surface area contributed by atoms with E-state index in [1.807, 2.05) is 30.0 Å². The van der Waals surface area contributed by atoms with Gasteiger partial charge in [-0.1, -0.05) is 12.1 Å². The molecule has 1 saturated carbocycles. The molecule has 21 heavy (non-hydrogen) atoms. The first-order valence-electron chi connectivity index (χ1n) is 7.80. The summed E-state index contributed by atoms with van der Waals surface area (Å²) >= 11 is 0. The maximum atomic E-state index is 12.0. The number of carbonyl (C=O) groups excluding carboxylic acids is 1. The van der Waals surface area contributed by atoms with Gasteiger partial charge < -0.3 is 19.9 Å². The molecule has 1 aliphatic carbocycles. The van der Waals surface area contributed by atoms with Crippen molar-refractivity contribution in [3.8, 4) is 5.75 Å². The molecule has 1 aromatic rings. The first kappa shape index (κ1) is 14.0. The van der Waals surface area contributed by atoms with Crippen LogP contribution in [-0.2, 0) is 0 Å². The lowest BCUT2D eigenvalue weighted by Crippen LogP contribution is -2.52. The number of benzene rings is 1. The molecule has 3 rings (SSSR count). The first-order valence-corrected chi connectivity index (χ1v) is 7.80. The van der Waals surface area contributed by atoms with Crippen molar-refractivity contribution in [2.75, 3.05) is 37.7 Å². The molecule has 0 spiro atoms. The molecule has 2 aliphatic rings. The van der Waals surface area contributed by atoms with Crippen LogP contribution in [0.1, 0.15) is 19.8 Å². The highest BCUT2D eigenvalue weighted by molar-refractivity contribution is 5.75. The number of nitrogens with one attached hydrogen (secondary N) is 1. The quantitative estimate of drug-likeness (QED) is 0.923. The third kappa shape index (κ3) is 3.40. The first-order chi connectivity index (χ1) is 10.3. The van der Waals surface area contributed by atoms with Crippen LogP contribution in [0.2, 0.25) is 0 Å². The van der Waals surface area contributed by atoms with Crippen LogP contribution >= 0.6 is 0 Å². The zero-order chi connectivity index (χ0) is 14.7. The highest BCUT2D eigenvalue weighted by atomic mass is 16.5. The highest BCUT2D eigenvalue weighted by Gasteiger charge is 2.28. The second kappa shape index (κ2) is 6.24. The normalized spacial score (nSPS) is 18.5. The summed E-state index contributed by atoms with van der Waals surface area (Å²) < 4.78 is 5.69. The summed E-state index contributed by atoms with van der Waals surface area (Å²) in [4.78, 5) is 16.2. The number of ether oxygens (including phenoxy) is 1. The summed E-state index contributed by atoms with van der Waals surface area (Å²) in [5.41, 5.74) is 1.13. The second-order valence-corrected chi connectivity index (χ2v) is 5.60. The summed E-state index contributed by atoms with van der Waals surface area (Å²) in [5.74, 6) is 0.927. The Bertz CT molecular complexity index is 494. The third-order valence-electron chi connectivity index (χ3n) is 3.98. The Morgan fingerprint density at radius 1 is 1.24 bits per heavy atom. The molecule has 5 heteroatoms. The van der Waals surface area contributed by atoms with Gasteiger partial charge >= 0.3 is 6.03 Å². The lowest BCUT2D eigenvalue weighted by molar-refractivity contribution is 0.193. The SMILES string of the molecule is CCOc1ccccc1N1CCN(C(=O)NC2CC2)CC1. The van der Waals surface area contributed by atoms with Gasteiger partial charge in [-0.3, -0.25) is 0 Å². The number of carbonyl (C=O) groups is 1. The monoisotopic (exact) mass is 289 g/mol. The van der Waals surface area contributed by atoms with Crippen molar-refractivity contribution < 1.29 is 9.53 Å². The molecule has 1 N–H and O–H groups in total. The topological polar surface area (TPSA) is 44.8 Å². The predicted octanol–water partition coefficient (Wildman–Crippen LogP) is 2.08. The lowest BCUT2D eigenvalue weighted by Gasteiger charge is -2.36. The molecule has 1 heterocycles. The molecule has 1 saturated heterocycles. The Labute approximate surface area is 125 Å². The van der Waals surface area contributed by atoms with Gasteiger partial charge in [0, 0.05) is 32.2 Å². The van der Waals surface area contributed by atoms with Gasteiger partial charge in [-0.25, -0.2) is 4.79 Å². The minimum atomic E-state index is 0.0928. The van der Waals surface area contributed by atoms with Crippen LogP contribution in [0.4, 0.5) is 10.5 Å². The standard InChI is InChI=1S/C16H23N3O2/c1-2-21-15-6-4-3-5-14(15)18-9-11-19(12-10-18)16(20)17-13-7-8-13/h3-6,13H,2,7-12H2,1H3,(H,17,20). The fourth-order valence-electron chi connectivity index (χ4n) is 2.64. The number of amides is 2.